The standard InChI is InChI=1S/C14H13ClN4O2/c1-18-12(16-17-13(18)8-2-3-8)7-19-10-5-4-9(15)6-11(10)21-14(19)20/h4-6,8H,2-3,7H2,1H3. The highest BCUT2D eigenvalue weighted by Gasteiger charge is 2.29. The average molecular weight is 305 g/mol. The minimum Gasteiger partial charge on any atom is -0.408 e. The van der Waals surface area contributed by atoms with Gasteiger partial charge in [-0.05, 0) is 25.0 Å². The Morgan fingerprint density at radius 1 is 1.38 bits per heavy atom. The van der Waals surface area contributed by atoms with Crippen LogP contribution in [0.4, 0.5) is 0 Å². The van der Waals surface area contributed by atoms with E-state index in [0.29, 0.717) is 28.6 Å². The summed E-state index contributed by atoms with van der Waals surface area (Å²) in [7, 11) is 1.94. The van der Waals surface area contributed by atoms with E-state index in [2.05, 4.69) is 10.2 Å². The van der Waals surface area contributed by atoms with Crippen molar-refractivity contribution in [3.63, 3.8) is 0 Å². The third kappa shape index (κ3) is 2.06. The van der Waals surface area contributed by atoms with E-state index in [0.717, 1.165) is 11.6 Å². The van der Waals surface area contributed by atoms with Crippen LogP contribution in [0.1, 0.15) is 30.4 Å². The Bertz CT molecular complexity index is 888. The molecule has 2 aromatic heterocycles. The second kappa shape index (κ2) is 4.46. The van der Waals surface area contributed by atoms with Crippen molar-refractivity contribution < 1.29 is 4.42 Å². The molecule has 4 rings (SSSR count). The van der Waals surface area contributed by atoms with E-state index in [1.54, 1.807) is 22.8 Å². The van der Waals surface area contributed by atoms with E-state index < -0.39 is 5.76 Å². The molecule has 108 valence electrons. The summed E-state index contributed by atoms with van der Waals surface area (Å²) < 4.78 is 8.74. The predicted octanol–water partition coefficient (Wildman–Crippen LogP) is 2.30. The fraction of sp³-hybridized carbons (Fsp3) is 0.357. The molecule has 1 aliphatic rings. The van der Waals surface area contributed by atoms with Gasteiger partial charge in [-0.2, -0.15) is 0 Å². The largest absolute Gasteiger partial charge is 0.420 e. The van der Waals surface area contributed by atoms with E-state index in [1.165, 1.54) is 12.8 Å². The van der Waals surface area contributed by atoms with Crippen LogP contribution in [0, 0.1) is 0 Å². The van der Waals surface area contributed by atoms with Crippen LogP contribution in [0.2, 0.25) is 5.02 Å². The van der Waals surface area contributed by atoms with Crippen molar-refractivity contribution >= 4 is 22.7 Å². The van der Waals surface area contributed by atoms with Gasteiger partial charge < -0.3 is 8.98 Å². The molecule has 21 heavy (non-hydrogen) atoms. The SMILES string of the molecule is Cn1c(Cn2c(=O)oc3cc(Cl)ccc32)nnc1C1CC1. The van der Waals surface area contributed by atoms with Crippen molar-refractivity contribution in [1.82, 2.24) is 19.3 Å². The molecule has 3 aromatic rings. The third-order valence-corrected chi connectivity index (χ3v) is 4.11. The first-order chi connectivity index (χ1) is 10.1. The van der Waals surface area contributed by atoms with Crippen molar-refractivity contribution in [3.8, 4) is 0 Å². The first-order valence-electron chi connectivity index (χ1n) is 6.80. The van der Waals surface area contributed by atoms with Gasteiger partial charge in [-0.15, -0.1) is 10.2 Å². The topological polar surface area (TPSA) is 65.8 Å². The number of hydrogen-bond acceptors (Lipinski definition) is 4. The minimum atomic E-state index is -0.414. The molecule has 0 atom stereocenters. The molecule has 0 unspecified atom stereocenters. The summed E-state index contributed by atoms with van der Waals surface area (Å²) in [5, 5.41) is 8.97. The van der Waals surface area contributed by atoms with Gasteiger partial charge in [-0.1, -0.05) is 11.6 Å². The number of fused-ring (bicyclic) bond motifs is 1. The summed E-state index contributed by atoms with van der Waals surface area (Å²) in [4.78, 5) is 12.0. The van der Waals surface area contributed by atoms with E-state index in [9.17, 15) is 4.79 Å². The summed E-state index contributed by atoms with van der Waals surface area (Å²) in [6, 6.07) is 5.16. The second-order valence-electron chi connectivity index (χ2n) is 5.37. The first-order valence-corrected chi connectivity index (χ1v) is 7.18. The molecule has 0 spiro atoms. The minimum absolute atomic E-state index is 0.337. The van der Waals surface area contributed by atoms with Gasteiger partial charge in [-0.25, -0.2) is 4.79 Å². The Morgan fingerprint density at radius 2 is 2.19 bits per heavy atom. The van der Waals surface area contributed by atoms with Crippen LogP contribution < -0.4 is 5.76 Å². The van der Waals surface area contributed by atoms with Crippen LogP contribution in [0.15, 0.2) is 27.4 Å². The maximum Gasteiger partial charge on any atom is 0.420 e. The van der Waals surface area contributed by atoms with E-state index in [1.807, 2.05) is 11.6 Å². The van der Waals surface area contributed by atoms with Crippen LogP contribution >= 0.6 is 11.6 Å². The lowest BCUT2D eigenvalue weighted by Crippen LogP contribution is -2.17. The lowest BCUT2D eigenvalue weighted by molar-refractivity contribution is 0.510. The fourth-order valence-electron chi connectivity index (χ4n) is 2.54. The highest BCUT2D eigenvalue weighted by atomic mass is 35.5. The zero-order chi connectivity index (χ0) is 14.6. The van der Waals surface area contributed by atoms with Crippen molar-refractivity contribution in [2.75, 3.05) is 0 Å². The molecule has 6 nitrogen and oxygen atoms in total. The number of halogens is 1. The number of oxazole rings is 1. The molecule has 1 aliphatic carbocycles. The maximum atomic E-state index is 12.0. The van der Waals surface area contributed by atoms with Gasteiger partial charge in [0.15, 0.2) is 11.4 Å². The average Bonchev–Trinajstić information content (AvgIpc) is 3.16. The van der Waals surface area contributed by atoms with Crippen LogP contribution in [0.3, 0.4) is 0 Å². The van der Waals surface area contributed by atoms with Crippen LogP contribution in [0.25, 0.3) is 11.1 Å². The molecular weight excluding hydrogens is 292 g/mol. The molecule has 0 amide bonds. The van der Waals surface area contributed by atoms with Crippen LogP contribution in [-0.4, -0.2) is 19.3 Å². The predicted molar refractivity (Wildman–Crippen MR) is 77.6 cm³/mol. The number of rotatable bonds is 3. The highest BCUT2D eigenvalue weighted by Crippen LogP contribution is 2.38. The number of benzene rings is 1. The Labute approximate surface area is 125 Å². The molecule has 0 aliphatic heterocycles. The smallest absolute Gasteiger partial charge is 0.408 e. The summed E-state index contributed by atoms with van der Waals surface area (Å²) in [6.45, 7) is 0.337. The summed E-state index contributed by atoms with van der Waals surface area (Å²) in [5.41, 5.74) is 1.19. The highest BCUT2D eigenvalue weighted by molar-refractivity contribution is 6.31. The normalized spacial score (nSPS) is 15.0. The van der Waals surface area contributed by atoms with Gasteiger partial charge in [0, 0.05) is 24.1 Å². The molecule has 2 heterocycles. The fourth-order valence-corrected chi connectivity index (χ4v) is 2.70. The van der Waals surface area contributed by atoms with Gasteiger partial charge in [0.2, 0.25) is 0 Å². The maximum absolute atomic E-state index is 12.0. The number of hydrogen-bond donors (Lipinski definition) is 0. The molecular formula is C14H13ClN4O2. The zero-order valence-corrected chi connectivity index (χ0v) is 12.2. The van der Waals surface area contributed by atoms with Gasteiger partial charge in [0.1, 0.15) is 5.82 Å². The molecule has 1 saturated carbocycles. The van der Waals surface area contributed by atoms with Gasteiger partial charge in [0.25, 0.3) is 0 Å². The molecule has 0 N–H and O–H groups in total. The van der Waals surface area contributed by atoms with Crippen molar-refractivity contribution in [1.29, 1.82) is 0 Å². The van der Waals surface area contributed by atoms with E-state index in [-0.39, 0.29) is 0 Å². The molecule has 0 radical (unpaired) electrons. The van der Waals surface area contributed by atoms with Crippen molar-refractivity contribution in [2.45, 2.75) is 25.3 Å². The van der Waals surface area contributed by atoms with Crippen molar-refractivity contribution in [3.05, 3.63) is 45.4 Å². The van der Waals surface area contributed by atoms with Gasteiger partial charge in [-0.3, -0.25) is 4.57 Å². The lowest BCUT2D eigenvalue weighted by atomic mass is 10.3. The second-order valence-corrected chi connectivity index (χ2v) is 5.81. The Morgan fingerprint density at radius 3 is 2.95 bits per heavy atom. The molecule has 7 heteroatoms. The van der Waals surface area contributed by atoms with Crippen LogP contribution in [-0.2, 0) is 13.6 Å². The Hall–Kier alpha value is -2.08. The summed E-state index contributed by atoms with van der Waals surface area (Å²) in [5.74, 6) is 1.85. The zero-order valence-electron chi connectivity index (χ0n) is 11.4. The van der Waals surface area contributed by atoms with E-state index >= 15 is 0 Å². The van der Waals surface area contributed by atoms with Crippen LogP contribution in [0.5, 0.6) is 0 Å². The molecule has 0 bridgehead atoms. The summed E-state index contributed by atoms with van der Waals surface area (Å²) in [6.07, 6.45) is 2.33. The monoisotopic (exact) mass is 304 g/mol. The third-order valence-electron chi connectivity index (χ3n) is 3.87. The lowest BCUT2D eigenvalue weighted by Gasteiger charge is -2.03. The summed E-state index contributed by atoms with van der Waals surface area (Å²) >= 11 is 5.91. The molecule has 1 fully saturated rings. The molecule has 0 saturated heterocycles. The number of nitrogens with zero attached hydrogens (tertiary/aromatic N) is 4. The Kier molecular flexibility index (Phi) is 2.68. The van der Waals surface area contributed by atoms with Crippen molar-refractivity contribution in [2.24, 2.45) is 7.05 Å². The quantitative estimate of drug-likeness (QED) is 0.744. The molecule has 1 aromatic carbocycles. The van der Waals surface area contributed by atoms with Gasteiger partial charge >= 0.3 is 5.76 Å². The number of aromatic nitrogens is 4. The van der Waals surface area contributed by atoms with E-state index in [4.69, 9.17) is 16.0 Å². The first kappa shape index (κ1) is 12.6. The van der Waals surface area contributed by atoms with Gasteiger partial charge in [0.05, 0.1) is 12.1 Å². The Balaban J connectivity index is 1.77.